The normalized spacial score (nSPS) is 9.50. The summed E-state index contributed by atoms with van der Waals surface area (Å²) in [5.74, 6) is -1.65. The Morgan fingerprint density at radius 2 is 1.64 bits per heavy atom. The molecule has 0 fully saturated rings. The number of carboxylic acid groups (broad SMARTS) is 1. The number of rotatable bonds is 7. The Labute approximate surface area is 82.1 Å². The summed E-state index contributed by atoms with van der Waals surface area (Å²) in [5, 5.41) is 8.28. The van der Waals surface area contributed by atoms with Crippen LogP contribution in [0.3, 0.4) is 0 Å². The SMILES string of the molecule is CCOC(=O)CCC(=O)CCC(=O)O. The summed E-state index contributed by atoms with van der Waals surface area (Å²) < 4.78 is 4.61. The van der Waals surface area contributed by atoms with Crippen molar-refractivity contribution in [2.75, 3.05) is 6.61 Å². The summed E-state index contributed by atoms with van der Waals surface area (Å²) in [4.78, 5) is 31.9. The van der Waals surface area contributed by atoms with E-state index in [0.29, 0.717) is 6.61 Å². The molecule has 0 aromatic rings. The second-order valence-corrected chi connectivity index (χ2v) is 2.74. The molecule has 0 spiro atoms. The predicted octanol–water partition coefficient (Wildman–Crippen LogP) is 0.764. The maximum atomic E-state index is 11.0. The number of esters is 1. The monoisotopic (exact) mass is 202 g/mol. The van der Waals surface area contributed by atoms with Gasteiger partial charge in [0, 0.05) is 12.8 Å². The first-order valence-electron chi connectivity index (χ1n) is 4.45. The molecule has 80 valence electrons. The molecule has 5 heteroatoms. The van der Waals surface area contributed by atoms with Crippen molar-refractivity contribution >= 4 is 17.7 Å². The van der Waals surface area contributed by atoms with Crippen LogP contribution in [-0.4, -0.2) is 29.4 Å². The number of ketones is 1. The van der Waals surface area contributed by atoms with Gasteiger partial charge in [-0.15, -0.1) is 0 Å². The van der Waals surface area contributed by atoms with E-state index in [9.17, 15) is 14.4 Å². The summed E-state index contributed by atoms with van der Waals surface area (Å²) in [6.07, 6.45) is -0.102. The number of hydrogen-bond donors (Lipinski definition) is 1. The van der Waals surface area contributed by atoms with Gasteiger partial charge in [-0.25, -0.2) is 0 Å². The highest BCUT2D eigenvalue weighted by Gasteiger charge is 2.08. The summed E-state index contributed by atoms with van der Waals surface area (Å²) >= 11 is 0. The molecule has 0 aliphatic rings. The molecule has 0 heterocycles. The number of aliphatic carboxylic acids is 1. The first-order chi connectivity index (χ1) is 6.56. The molecule has 0 unspecified atom stereocenters. The zero-order valence-corrected chi connectivity index (χ0v) is 8.12. The average Bonchev–Trinajstić information content (AvgIpc) is 2.12. The minimum Gasteiger partial charge on any atom is -0.481 e. The molecule has 0 saturated heterocycles. The van der Waals surface area contributed by atoms with Crippen LogP contribution >= 0.6 is 0 Å². The Balaban J connectivity index is 3.53. The second kappa shape index (κ2) is 7.06. The van der Waals surface area contributed by atoms with Gasteiger partial charge < -0.3 is 9.84 Å². The van der Waals surface area contributed by atoms with E-state index in [-0.39, 0.29) is 31.5 Å². The quantitative estimate of drug-likeness (QED) is 0.616. The molecule has 0 bridgehead atoms. The molecule has 0 atom stereocenters. The van der Waals surface area contributed by atoms with Gasteiger partial charge >= 0.3 is 11.9 Å². The van der Waals surface area contributed by atoms with Crippen LogP contribution in [0.1, 0.15) is 32.6 Å². The van der Waals surface area contributed by atoms with E-state index in [1.54, 1.807) is 6.92 Å². The fourth-order valence-electron chi connectivity index (χ4n) is 0.846. The van der Waals surface area contributed by atoms with Gasteiger partial charge in [0.05, 0.1) is 19.4 Å². The van der Waals surface area contributed by atoms with Crippen LogP contribution in [0.5, 0.6) is 0 Å². The molecule has 0 aromatic heterocycles. The fraction of sp³-hybridized carbons (Fsp3) is 0.667. The molecular formula is C9H14O5. The molecular weight excluding hydrogens is 188 g/mol. The zero-order chi connectivity index (χ0) is 11.0. The van der Waals surface area contributed by atoms with Gasteiger partial charge in [-0.3, -0.25) is 14.4 Å². The predicted molar refractivity (Wildman–Crippen MR) is 47.7 cm³/mol. The van der Waals surface area contributed by atoms with Crippen molar-refractivity contribution in [1.29, 1.82) is 0 Å². The molecule has 0 aliphatic heterocycles. The van der Waals surface area contributed by atoms with Crippen molar-refractivity contribution in [2.45, 2.75) is 32.6 Å². The van der Waals surface area contributed by atoms with Gasteiger partial charge in [-0.05, 0) is 6.92 Å². The van der Waals surface area contributed by atoms with Crippen LogP contribution in [0.15, 0.2) is 0 Å². The summed E-state index contributed by atoms with van der Waals surface area (Å²) in [5.41, 5.74) is 0. The van der Waals surface area contributed by atoms with E-state index >= 15 is 0 Å². The first-order valence-corrected chi connectivity index (χ1v) is 4.45. The van der Waals surface area contributed by atoms with Crippen molar-refractivity contribution in [1.82, 2.24) is 0 Å². The number of carboxylic acids is 1. The molecule has 1 N–H and O–H groups in total. The molecule has 0 amide bonds. The third kappa shape index (κ3) is 7.27. The molecule has 0 radical (unpaired) electrons. The maximum Gasteiger partial charge on any atom is 0.306 e. The smallest absolute Gasteiger partial charge is 0.306 e. The lowest BCUT2D eigenvalue weighted by Crippen LogP contribution is -2.08. The Hall–Kier alpha value is -1.39. The van der Waals surface area contributed by atoms with E-state index in [1.807, 2.05) is 0 Å². The van der Waals surface area contributed by atoms with Crippen molar-refractivity contribution in [3.05, 3.63) is 0 Å². The van der Waals surface area contributed by atoms with Gasteiger partial charge in [0.1, 0.15) is 5.78 Å². The highest BCUT2D eigenvalue weighted by molar-refractivity contribution is 5.85. The third-order valence-corrected chi connectivity index (χ3v) is 1.53. The second-order valence-electron chi connectivity index (χ2n) is 2.74. The van der Waals surface area contributed by atoms with Gasteiger partial charge in [0.2, 0.25) is 0 Å². The number of carbonyl (C=O) groups excluding carboxylic acids is 2. The van der Waals surface area contributed by atoms with Crippen LogP contribution in [0.25, 0.3) is 0 Å². The highest BCUT2D eigenvalue weighted by Crippen LogP contribution is 2.00. The summed E-state index contributed by atoms with van der Waals surface area (Å²) in [6.45, 7) is 1.98. The number of ether oxygens (including phenoxy) is 1. The lowest BCUT2D eigenvalue weighted by Gasteiger charge is -2.00. The topological polar surface area (TPSA) is 80.7 Å². The minimum atomic E-state index is -1.01. The number of carbonyl (C=O) groups is 3. The molecule has 5 nitrogen and oxygen atoms in total. The standard InChI is InChI=1S/C9H14O5/c1-2-14-9(13)6-4-7(10)3-5-8(11)12/h2-6H2,1H3,(H,11,12). The number of Topliss-reactive ketones (excluding diaryl/α,β-unsaturated/α-hetero) is 1. The van der Waals surface area contributed by atoms with Crippen LogP contribution in [0.4, 0.5) is 0 Å². The van der Waals surface area contributed by atoms with E-state index in [4.69, 9.17) is 5.11 Å². The van der Waals surface area contributed by atoms with Gasteiger partial charge in [-0.1, -0.05) is 0 Å². The Kier molecular flexibility index (Phi) is 6.36. The third-order valence-electron chi connectivity index (χ3n) is 1.53. The lowest BCUT2D eigenvalue weighted by molar-refractivity contribution is -0.144. The van der Waals surface area contributed by atoms with Gasteiger partial charge in [-0.2, -0.15) is 0 Å². The van der Waals surface area contributed by atoms with Crippen LogP contribution in [0.2, 0.25) is 0 Å². The summed E-state index contributed by atoms with van der Waals surface area (Å²) in [6, 6.07) is 0. The molecule has 0 rings (SSSR count). The molecule has 0 saturated carbocycles. The average molecular weight is 202 g/mol. The fourth-order valence-corrected chi connectivity index (χ4v) is 0.846. The lowest BCUT2D eigenvalue weighted by atomic mass is 10.1. The van der Waals surface area contributed by atoms with Crippen LogP contribution in [0, 0.1) is 0 Å². The first kappa shape index (κ1) is 12.6. The van der Waals surface area contributed by atoms with E-state index in [0.717, 1.165) is 0 Å². The van der Waals surface area contributed by atoms with Gasteiger partial charge in [0.15, 0.2) is 0 Å². The zero-order valence-electron chi connectivity index (χ0n) is 8.12. The van der Waals surface area contributed by atoms with Crippen LogP contribution < -0.4 is 0 Å². The molecule has 0 aliphatic carbocycles. The van der Waals surface area contributed by atoms with Crippen LogP contribution in [-0.2, 0) is 19.1 Å². The van der Waals surface area contributed by atoms with Crippen molar-refractivity contribution in [2.24, 2.45) is 0 Å². The van der Waals surface area contributed by atoms with Crippen molar-refractivity contribution in [3.63, 3.8) is 0 Å². The van der Waals surface area contributed by atoms with Crippen molar-refractivity contribution < 1.29 is 24.2 Å². The van der Waals surface area contributed by atoms with E-state index < -0.39 is 11.9 Å². The van der Waals surface area contributed by atoms with E-state index in [1.165, 1.54) is 0 Å². The Morgan fingerprint density at radius 3 is 2.14 bits per heavy atom. The Bertz CT molecular complexity index is 221. The largest absolute Gasteiger partial charge is 0.481 e. The maximum absolute atomic E-state index is 11.0. The van der Waals surface area contributed by atoms with Gasteiger partial charge in [0.25, 0.3) is 0 Å². The summed E-state index contributed by atoms with van der Waals surface area (Å²) in [7, 11) is 0. The molecule has 0 aromatic carbocycles. The van der Waals surface area contributed by atoms with E-state index in [2.05, 4.69) is 4.74 Å². The minimum absolute atomic E-state index is 0.0191. The Morgan fingerprint density at radius 1 is 1.07 bits per heavy atom. The number of hydrogen-bond acceptors (Lipinski definition) is 4. The van der Waals surface area contributed by atoms with Crippen molar-refractivity contribution in [3.8, 4) is 0 Å². The highest BCUT2D eigenvalue weighted by atomic mass is 16.5. The molecule has 14 heavy (non-hydrogen) atoms.